The number of likely N-dealkylation sites (tertiary alicyclic amines) is 3. The number of carbonyl (C=O) groups is 3. The van der Waals surface area contributed by atoms with E-state index in [-0.39, 0.29) is 47.0 Å². The lowest BCUT2D eigenvalue weighted by atomic mass is 9.93. The van der Waals surface area contributed by atoms with Crippen molar-refractivity contribution in [2.24, 2.45) is 0 Å². The number of hydrogen-bond donors (Lipinski definition) is 0. The molecular weight excluding hydrogens is 577 g/mol. The summed E-state index contributed by atoms with van der Waals surface area (Å²) in [5.74, 6) is -1.61. The van der Waals surface area contributed by atoms with Gasteiger partial charge >= 0.3 is 6.09 Å². The van der Waals surface area contributed by atoms with Crippen LogP contribution in [-0.4, -0.2) is 108 Å². The third-order valence-electron chi connectivity index (χ3n) is 8.53. The van der Waals surface area contributed by atoms with Gasteiger partial charge < -0.3 is 14.5 Å². The molecule has 1 unspecified atom stereocenters. The van der Waals surface area contributed by atoms with Gasteiger partial charge in [0.1, 0.15) is 11.9 Å². The summed E-state index contributed by atoms with van der Waals surface area (Å²) in [5.41, 5.74) is 0. The van der Waals surface area contributed by atoms with Crippen molar-refractivity contribution < 1.29 is 31.9 Å². The van der Waals surface area contributed by atoms with Crippen molar-refractivity contribution in [2.45, 2.75) is 79.8 Å². The lowest BCUT2D eigenvalue weighted by molar-refractivity contribution is -0.150. The molecule has 0 N–H and O–H groups in total. The lowest BCUT2D eigenvalue weighted by Crippen LogP contribution is -2.63. The molecule has 3 atom stereocenters. The average Bonchev–Trinajstić information content (AvgIpc) is 3.64. The first-order valence-corrected chi connectivity index (χ1v) is 15.9. The molecule has 41 heavy (non-hydrogen) atoms. The first kappa shape index (κ1) is 29.5. The van der Waals surface area contributed by atoms with Crippen LogP contribution in [0.5, 0.6) is 0 Å². The number of rotatable bonds is 7. The summed E-state index contributed by atoms with van der Waals surface area (Å²) in [6, 6.07) is 1.18. The first-order valence-electron chi connectivity index (χ1n) is 14.0. The van der Waals surface area contributed by atoms with Gasteiger partial charge in [-0.1, -0.05) is 11.6 Å². The van der Waals surface area contributed by atoms with Gasteiger partial charge in [0.25, 0.3) is 5.91 Å². The minimum Gasteiger partial charge on any atom is -0.450 e. The van der Waals surface area contributed by atoms with E-state index in [0.717, 1.165) is 23.1 Å². The van der Waals surface area contributed by atoms with Gasteiger partial charge in [0.05, 0.1) is 27.8 Å². The summed E-state index contributed by atoms with van der Waals surface area (Å²) < 4.78 is 45.9. The van der Waals surface area contributed by atoms with Crippen LogP contribution >= 0.6 is 11.6 Å². The quantitative estimate of drug-likeness (QED) is 0.262. The number of ether oxygens (including phenoxy) is 1. The van der Waals surface area contributed by atoms with Crippen molar-refractivity contribution in [1.82, 2.24) is 19.6 Å². The fourth-order valence-corrected chi connectivity index (χ4v) is 8.32. The topological polar surface area (TPSA) is 131 Å². The first-order chi connectivity index (χ1) is 19.6. The van der Waals surface area contributed by atoms with Crippen LogP contribution in [0.25, 0.3) is 0 Å². The molecule has 4 aliphatic rings. The van der Waals surface area contributed by atoms with E-state index in [1.165, 1.54) is 4.90 Å². The molecule has 0 aromatic heterocycles. The van der Waals surface area contributed by atoms with Crippen molar-refractivity contribution in [1.29, 1.82) is 5.26 Å². The second-order valence-corrected chi connectivity index (χ2v) is 13.6. The molecule has 11 nitrogen and oxygen atoms in total. The molecule has 222 valence electrons. The highest BCUT2D eigenvalue weighted by molar-refractivity contribution is 7.92. The molecule has 3 amide bonds. The third kappa shape index (κ3) is 5.74. The fourth-order valence-electron chi connectivity index (χ4n) is 6.09. The van der Waals surface area contributed by atoms with Crippen LogP contribution in [0, 0.1) is 17.3 Å². The Labute approximate surface area is 243 Å². The van der Waals surface area contributed by atoms with Crippen LogP contribution in [0.4, 0.5) is 9.18 Å². The summed E-state index contributed by atoms with van der Waals surface area (Å²) in [7, 11) is -4.13. The standard InChI is InChI=1S/C27H33ClFN5O6S/c1-2-40-27(37)31-10-7-19(8-11-31)32-12-9-22(32)25(35)33-15-20(14-23(33)26(36)34(16-30)18-4-5-18)41(38,39)24-6-3-17(29)13-21(24)28/h3,6,13,18-20,22-23H,2,4-5,7-12,14-15H2,1H3/t20-,22?,23+/m1/s1. The molecule has 1 aliphatic carbocycles. The SMILES string of the molecule is CCOC(=O)N1CCC(N2CCC2C(=O)N2C[C@H](S(=O)(=O)c3ccc(F)cc3Cl)C[C@H]2C(=O)N(C#N)C2CC2)CC1. The zero-order valence-electron chi connectivity index (χ0n) is 22.7. The number of nitriles is 1. The Morgan fingerprint density at radius 2 is 1.83 bits per heavy atom. The maximum Gasteiger partial charge on any atom is 0.409 e. The Kier molecular flexibility index (Phi) is 8.46. The van der Waals surface area contributed by atoms with Crippen LogP contribution in [-0.2, 0) is 24.2 Å². The maximum absolute atomic E-state index is 13.9. The van der Waals surface area contributed by atoms with E-state index in [1.807, 2.05) is 6.19 Å². The second kappa shape index (κ2) is 11.7. The summed E-state index contributed by atoms with van der Waals surface area (Å²) in [5, 5.41) is 8.25. The van der Waals surface area contributed by atoms with Gasteiger partial charge in [-0.05, 0) is 63.6 Å². The highest BCUT2D eigenvalue weighted by Crippen LogP contribution is 2.37. The molecule has 0 bridgehead atoms. The number of sulfone groups is 1. The fraction of sp³-hybridized carbons (Fsp3) is 0.630. The van der Waals surface area contributed by atoms with Gasteiger partial charge in [-0.3, -0.25) is 14.5 Å². The molecular formula is C27H33ClFN5O6S. The number of halogens is 2. The number of amides is 3. The number of benzene rings is 1. The zero-order chi connectivity index (χ0) is 29.5. The molecule has 1 aromatic carbocycles. The lowest BCUT2D eigenvalue weighted by Gasteiger charge is -2.48. The van der Waals surface area contributed by atoms with Crippen molar-refractivity contribution in [3.05, 3.63) is 29.0 Å². The molecule has 3 heterocycles. The second-order valence-electron chi connectivity index (χ2n) is 11.0. The van der Waals surface area contributed by atoms with E-state index in [0.29, 0.717) is 58.3 Å². The van der Waals surface area contributed by atoms with Gasteiger partial charge in [0.2, 0.25) is 5.91 Å². The van der Waals surface area contributed by atoms with Crippen LogP contribution < -0.4 is 0 Å². The molecule has 1 saturated carbocycles. The molecule has 0 radical (unpaired) electrons. The number of hydrogen-bond acceptors (Lipinski definition) is 8. The van der Waals surface area contributed by atoms with E-state index in [1.54, 1.807) is 11.8 Å². The highest BCUT2D eigenvalue weighted by Gasteiger charge is 2.52. The molecule has 14 heteroatoms. The molecule has 5 rings (SSSR count). The molecule has 3 saturated heterocycles. The van der Waals surface area contributed by atoms with E-state index in [4.69, 9.17) is 16.3 Å². The number of carbonyl (C=O) groups excluding carboxylic acids is 3. The minimum absolute atomic E-state index is 0.0553. The van der Waals surface area contributed by atoms with E-state index < -0.39 is 38.9 Å². The summed E-state index contributed by atoms with van der Waals surface area (Å²) in [6.45, 7) is 3.49. The normalized spacial score (nSPS) is 25.4. The van der Waals surface area contributed by atoms with Gasteiger partial charge in [0.15, 0.2) is 16.0 Å². The van der Waals surface area contributed by atoms with Crippen LogP contribution in [0.2, 0.25) is 5.02 Å². The van der Waals surface area contributed by atoms with E-state index in [2.05, 4.69) is 4.90 Å². The Hall–Kier alpha value is -2.95. The van der Waals surface area contributed by atoms with Gasteiger partial charge in [-0.15, -0.1) is 0 Å². The van der Waals surface area contributed by atoms with Gasteiger partial charge in [-0.25, -0.2) is 22.5 Å². The van der Waals surface area contributed by atoms with Crippen LogP contribution in [0.1, 0.15) is 45.4 Å². The van der Waals surface area contributed by atoms with Crippen LogP contribution in [0.3, 0.4) is 0 Å². The molecule has 0 spiro atoms. The minimum atomic E-state index is -4.13. The van der Waals surface area contributed by atoms with Crippen molar-refractivity contribution in [2.75, 3.05) is 32.8 Å². The monoisotopic (exact) mass is 609 g/mol. The predicted octanol–water partition coefficient (Wildman–Crippen LogP) is 2.39. The third-order valence-corrected chi connectivity index (χ3v) is 11.1. The summed E-state index contributed by atoms with van der Waals surface area (Å²) in [6.07, 6.45) is 4.61. The van der Waals surface area contributed by atoms with Crippen molar-refractivity contribution >= 4 is 39.3 Å². The van der Waals surface area contributed by atoms with Gasteiger partial charge in [-0.2, -0.15) is 5.26 Å². The number of nitrogens with zero attached hydrogens (tertiary/aromatic N) is 5. The maximum atomic E-state index is 13.9. The van der Waals surface area contributed by atoms with E-state index in [9.17, 15) is 32.5 Å². The molecule has 1 aromatic rings. The smallest absolute Gasteiger partial charge is 0.409 e. The summed E-state index contributed by atoms with van der Waals surface area (Å²) >= 11 is 6.09. The largest absolute Gasteiger partial charge is 0.450 e. The van der Waals surface area contributed by atoms with Crippen molar-refractivity contribution in [3.63, 3.8) is 0 Å². The predicted molar refractivity (Wildman–Crippen MR) is 145 cm³/mol. The Bertz CT molecular complexity index is 1360. The Morgan fingerprint density at radius 3 is 2.39 bits per heavy atom. The summed E-state index contributed by atoms with van der Waals surface area (Å²) in [4.78, 5) is 45.4. The molecule has 4 fully saturated rings. The Balaban J connectivity index is 1.35. The molecule has 3 aliphatic heterocycles. The highest BCUT2D eigenvalue weighted by atomic mass is 35.5. The number of piperidine rings is 1. The zero-order valence-corrected chi connectivity index (χ0v) is 24.3. The average molecular weight is 610 g/mol. The van der Waals surface area contributed by atoms with E-state index >= 15 is 0 Å². The van der Waals surface area contributed by atoms with Crippen LogP contribution in [0.15, 0.2) is 23.1 Å². The Morgan fingerprint density at radius 1 is 1.12 bits per heavy atom. The van der Waals surface area contributed by atoms with Crippen molar-refractivity contribution in [3.8, 4) is 6.19 Å². The van der Waals surface area contributed by atoms with Gasteiger partial charge in [0, 0.05) is 38.3 Å².